The maximum atomic E-state index is 11.7. The maximum Gasteiger partial charge on any atom is 0.140 e. The second kappa shape index (κ2) is 4.94. The van der Waals surface area contributed by atoms with Crippen molar-refractivity contribution in [3.63, 3.8) is 0 Å². The molecule has 0 aliphatic rings. The first-order valence-corrected chi connectivity index (χ1v) is 5.25. The maximum absolute atomic E-state index is 11.7. The molecule has 0 aliphatic heterocycles. The molecule has 1 rings (SSSR count). The number of carbonyl (C=O) groups is 1. The van der Waals surface area contributed by atoms with Crippen LogP contribution in [0.15, 0.2) is 24.3 Å². The van der Waals surface area contributed by atoms with Gasteiger partial charge in [-0.2, -0.15) is 0 Å². The number of hydrogen-bond donors (Lipinski definition) is 0. The lowest BCUT2D eigenvalue weighted by atomic mass is 9.91. The third kappa shape index (κ3) is 2.44. The summed E-state index contributed by atoms with van der Waals surface area (Å²) in [5.74, 6) is 0.401. The van der Waals surface area contributed by atoms with Crippen LogP contribution in [0.25, 0.3) is 0 Å². The molecule has 0 radical (unpaired) electrons. The van der Waals surface area contributed by atoms with Gasteiger partial charge < -0.3 is 0 Å². The van der Waals surface area contributed by atoms with E-state index >= 15 is 0 Å². The van der Waals surface area contributed by atoms with Crippen molar-refractivity contribution in [1.82, 2.24) is 0 Å². The summed E-state index contributed by atoms with van der Waals surface area (Å²) >= 11 is 0. The molecule has 0 N–H and O–H groups in total. The Morgan fingerprint density at radius 1 is 1.36 bits per heavy atom. The zero-order chi connectivity index (χ0) is 10.6. The van der Waals surface area contributed by atoms with E-state index in [0.29, 0.717) is 12.2 Å². The lowest BCUT2D eigenvalue weighted by molar-refractivity contribution is -0.120. The Bertz CT molecular complexity index is 315. The van der Waals surface area contributed by atoms with E-state index in [0.717, 1.165) is 6.42 Å². The topological polar surface area (TPSA) is 17.1 Å². The van der Waals surface area contributed by atoms with Gasteiger partial charge in [0.2, 0.25) is 0 Å². The fraction of sp³-hybridized carbons (Fsp3) is 0.462. The average Bonchev–Trinajstić information content (AvgIpc) is 2.18. The first-order valence-electron chi connectivity index (χ1n) is 5.25. The molecule has 0 bridgehead atoms. The molecule has 0 heterocycles. The molecule has 0 saturated carbocycles. The minimum Gasteiger partial charge on any atom is -0.299 e. The molecule has 1 nitrogen and oxygen atoms in total. The molecule has 1 aromatic carbocycles. The Balaban J connectivity index is 2.84. The quantitative estimate of drug-likeness (QED) is 0.710. The van der Waals surface area contributed by atoms with Crippen LogP contribution < -0.4 is 0 Å². The van der Waals surface area contributed by atoms with Gasteiger partial charge in [0.15, 0.2) is 0 Å². The van der Waals surface area contributed by atoms with Crippen molar-refractivity contribution in [1.29, 1.82) is 0 Å². The van der Waals surface area contributed by atoms with Crippen LogP contribution in [0.1, 0.15) is 43.7 Å². The number of hydrogen-bond acceptors (Lipinski definition) is 1. The molecule has 76 valence electrons. The minimum absolute atomic E-state index is 0.0520. The molecule has 0 aliphatic carbocycles. The second-order valence-electron chi connectivity index (χ2n) is 3.79. The predicted octanol–water partition coefficient (Wildman–Crippen LogP) is 3.47. The number of carbonyl (C=O) groups excluding carboxylic acids is 1. The second-order valence-corrected chi connectivity index (χ2v) is 3.79. The molecule has 1 unspecified atom stereocenters. The highest BCUT2D eigenvalue weighted by atomic mass is 16.1. The third-order valence-corrected chi connectivity index (χ3v) is 2.63. The van der Waals surface area contributed by atoms with Crippen LogP contribution in [0.5, 0.6) is 0 Å². The average molecular weight is 190 g/mol. The molecule has 0 fully saturated rings. The Labute approximate surface area is 86.1 Å². The molecule has 14 heavy (non-hydrogen) atoms. The van der Waals surface area contributed by atoms with Crippen molar-refractivity contribution < 1.29 is 4.79 Å². The Hall–Kier alpha value is -1.11. The van der Waals surface area contributed by atoms with Crippen LogP contribution >= 0.6 is 0 Å². The summed E-state index contributed by atoms with van der Waals surface area (Å²) in [4.78, 5) is 11.7. The van der Waals surface area contributed by atoms with Crippen molar-refractivity contribution in [3.8, 4) is 0 Å². The first-order chi connectivity index (χ1) is 6.66. The highest BCUT2D eigenvalue weighted by Gasteiger charge is 2.15. The van der Waals surface area contributed by atoms with E-state index in [1.807, 2.05) is 32.0 Å². The Morgan fingerprint density at radius 3 is 2.57 bits per heavy atom. The fourth-order valence-corrected chi connectivity index (χ4v) is 1.71. The first kappa shape index (κ1) is 11.0. The van der Waals surface area contributed by atoms with Crippen LogP contribution in [-0.2, 0) is 4.79 Å². The summed E-state index contributed by atoms with van der Waals surface area (Å²) in [6.45, 7) is 6.11. The lowest BCUT2D eigenvalue weighted by Crippen LogP contribution is -2.09. The monoisotopic (exact) mass is 190 g/mol. The van der Waals surface area contributed by atoms with Crippen LogP contribution in [0.4, 0.5) is 0 Å². The molecular formula is C13H18O. The van der Waals surface area contributed by atoms with E-state index < -0.39 is 0 Å². The zero-order valence-electron chi connectivity index (χ0n) is 9.21. The minimum atomic E-state index is 0.0520. The summed E-state index contributed by atoms with van der Waals surface area (Å²) in [6, 6.07) is 8.12. The number of aryl methyl sites for hydroxylation is 1. The van der Waals surface area contributed by atoms with Gasteiger partial charge in [-0.3, -0.25) is 4.79 Å². The molecule has 0 spiro atoms. The zero-order valence-corrected chi connectivity index (χ0v) is 9.21. The standard InChI is InChI=1S/C13H18O/c1-4-7-13(14)11(3)12-9-6-5-8-10(12)2/h5-6,8-9,11H,4,7H2,1-3H3. The van der Waals surface area contributed by atoms with E-state index in [-0.39, 0.29) is 5.92 Å². The van der Waals surface area contributed by atoms with Gasteiger partial charge in [0.05, 0.1) is 0 Å². The van der Waals surface area contributed by atoms with E-state index in [1.165, 1.54) is 11.1 Å². The van der Waals surface area contributed by atoms with Crippen LogP contribution in [-0.4, -0.2) is 5.78 Å². The van der Waals surface area contributed by atoms with Crippen LogP contribution in [0.2, 0.25) is 0 Å². The third-order valence-electron chi connectivity index (χ3n) is 2.63. The molecular weight excluding hydrogens is 172 g/mol. The van der Waals surface area contributed by atoms with Gasteiger partial charge in [0, 0.05) is 12.3 Å². The van der Waals surface area contributed by atoms with Gasteiger partial charge in [0.25, 0.3) is 0 Å². The summed E-state index contributed by atoms with van der Waals surface area (Å²) in [7, 11) is 0. The van der Waals surface area contributed by atoms with Crippen LogP contribution in [0.3, 0.4) is 0 Å². The summed E-state index contributed by atoms with van der Waals surface area (Å²) < 4.78 is 0. The number of rotatable bonds is 4. The fourth-order valence-electron chi connectivity index (χ4n) is 1.71. The molecule has 0 aromatic heterocycles. The summed E-state index contributed by atoms with van der Waals surface area (Å²) in [5.41, 5.74) is 2.38. The number of Topliss-reactive ketones (excluding diaryl/α,β-unsaturated/α-hetero) is 1. The van der Waals surface area contributed by atoms with Gasteiger partial charge >= 0.3 is 0 Å². The SMILES string of the molecule is CCCC(=O)C(C)c1ccccc1C. The molecule has 0 saturated heterocycles. The van der Waals surface area contributed by atoms with Crippen molar-refractivity contribution >= 4 is 5.78 Å². The molecule has 1 heteroatoms. The van der Waals surface area contributed by atoms with Gasteiger partial charge in [-0.05, 0) is 24.5 Å². The van der Waals surface area contributed by atoms with Crippen LogP contribution in [0, 0.1) is 6.92 Å². The highest BCUT2D eigenvalue weighted by Crippen LogP contribution is 2.21. The Morgan fingerprint density at radius 2 is 2.00 bits per heavy atom. The van der Waals surface area contributed by atoms with Crippen molar-refractivity contribution in [2.24, 2.45) is 0 Å². The summed E-state index contributed by atoms with van der Waals surface area (Å²) in [6.07, 6.45) is 1.63. The molecule has 1 atom stereocenters. The largest absolute Gasteiger partial charge is 0.299 e. The molecule has 0 amide bonds. The van der Waals surface area contributed by atoms with E-state index in [9.17, 15) is 4.79 Å². The smallest absolute Gasteiger partial charge is 0.140 e. The normalized spacial score (nSPS) is 12.5. The predicted molar refractivity (Wildman–Crippen MR) is 59.5 cm³/mol. The van der Waals surface area contributed by atoms with Crippen molar-refractivity contribution in [2.45, 2.75) is 39.5 Å². The number of benzene rings is 1. The summed E-state index contributed by atoms with van der Waals surface area (Å²) in [5, 5.41) is 0. The highest BCUT2D eigenvalue weighted by molar-refractivity contribution is 5.85. The van der Waals surface area contributed by atoms with Gasteiger partial charge in [0.1, 0.15) is 5.78 Å². The Kier molecular flexibility index (Phi) is 3.87. The van der Waals surface area contributed by atoms with E-state index in [4.69, 9.17) is 0 Å². The van der Waals surface area contributed by atoms with Gasteiger partial charge in [-0.1, -0.05) is 38.1 Å². The van der Waals surface area contributed by atoms with Gasteiger partial charge in [-0.25, -0.2) is 0 Å². The van der Waals surface area contributed by atoms with Crippen molar-refractivity contribution in [3.05, 3.63) is 35.4 Å². The lowest BCUT2D eigenvalue weighted by Gasteiger charge is -2.12. The number of ketones is 1. The van der Waals surface area contributed by atoms with E-state index in [2.05, 4.69) is 13.0 Å². The van der Waals surface area contributed by atoms with Gasteiger partial charge in [-0.15, -0.1) is 0 Å². The van der Waals surface area contributed by atoms with Crippen molar-refractivity contribution in [2.75, 3.05) is 0 Å². The van der Waals surface area contributed by atoms with E-state index in [1.54, 1.807) is 0 Å². The molecule has 1 aromatic rings.